The average molecular weight is 450 g/mol. The Morgan fingerprint density at radius 1 is 1.10 bits per heavy atom. The number of hydrogen-bond donors (Lipinski definition) is 2. The minimum atomic E-state index is -3.83. The number of hydrogen-bond acceptors (Lipinski definition) is 4. The van der Waals surface area contributed by atoms with Crippen LogP contribution >= 0.6 is 11.6 Å². The molecule has 162 valence electrons. The first-order chi connectivity index (χ1) is 14.3. The Hall–Kier alpha value is -2.09. The summed E-state index contributed by atoms with van der Waals surface area (Å²) in [7, 11) is -3.83. The van der Waals surface area contributed by atoms with E-state index in [4.69, 9.17) is 11.6 Å². The highest BCUT2D eigenvalue weighted by Crippen LogP contribution is 2.20. The number of benzene rings is 2. The Kier molecular flexibility index (Phi) is 7.75. The summed E-state index contributed by atoms with van der Waals surface area (Å²) >= 11 is 5.92. The fourth-order valence-corrected chi connectivity index (χ4v) is 4.87. The maximum atomic E-state index is 12.7. The van der Waals surface area contributed by atoms with Crippen molar-refractivity contribution in [3.63, 3.8) is 0 Å². The molecule has 8 heteroatoms. The predicted octanol–water partition coefficient (Wildman–Crippen LogP) is 3.99. The van der Waals surface area contributed by atoms with E-state index in [9.17, 15) is 13.2 Å². The second kappa shape index (κ2) is 10.3. The molecule has 1 amide bonds. The van der Waals surface area contributed by atoms with Crippen LogP contribution in [0.15, 0.2) is 53.4 Å². The van der Waals surface area contributed by atoms with Gasteiger partial charge in [-0.3, -0.25) is 9.52 Å². The highest BCUT2D eigenvalue weighted by molar-refractivity contribution is 7.92. The van der Waals surface area contributed by atoms with Gasteiger partial charge in [-0.2, -0.15) is 0 Å². The Bertz CT molecular complexity index is 975. The lowest BCUT2D eigenvalue weighted by Gasteiger charge is -2.29. The molecule has 1 aliphatic rings. The maximum Gasteiger partial charge on any atom is 0.261 e. The molecule has 0 aromatic heterocycles. The van der Waals surface area contributed by atoms with Crippen LogP contribution in [0, 0.1) is 5.92 Å². The quantitative estimate of drug-likeness (QED) is 0.638. The van der Waals surface area contributed by atoms with E-state index >= 15 is 0 Å². The van der Waals surface area contributed by atoms with Crippen LogP contribution in [0.25, 0.3) is 0 Å². The smallest absolute Gasteiger partial charge is 0.261 e. The van der Waals surface area contributed by atoms with Crippen LogP contribution in [0.5, 0.6) is 0 Å². The van der Waals surface area contributed by atoms with Gasteiger partial charge in [-0.25, -0.2) is 8.42 Å². The number of rotatable bonds is 8. The maximum absolute atomic E-state index is 12.7. The van der Waals surface area contributed by atoms with Crippen molar-refractivity contribution in [1.82, 2.24) is 10.2 Å². The molecule has 1 heterocycles. The molecule has 6 nitrogen and oxygen atoms in total. The summed E-state index contributed by atoms with van der Waals surface area (Å²) in [5.74, 6) is 0.0451. The fraction of sp³-hybridized carbons (Fsp3) is 0.409. The molecular weight excluding hydrogens is 422 g/mol. The summed E-state index contributed by atoms with van der Waals surface area (Å²) < 4.78 is 27.9. The number of piperidine rings is 1. The van der Waals surface area contributed by atoms with Gasteiger partial charge in [0.05, 0.1) is 10.6 Å². The zero-order valence-corrected chi connectivity index (χ0v) is 18.7. The lowest BCUT2D eigenvalue weighted by molar-refractivity contribution is 0.0942. The normalized spacial score (nSPS) is 16.1. The molecule has 1 atom stereocenters. The number of anilines is 1. The van der Waals surface area contributed by atoms with Crippen LogP contribution in [-0.4, -0.2) is 45.4 Å². The molecule has 1 fully saturated rings. The number of carbonyl (C=O) groups is 1. The van der Waals surface area contributed by atoms with Gasteiger partial charge in [-0.15, -0.1) is 0 Å². The van der Waals surface area contributed by atoms with E-state index in [1.165, 1.54) is 37.5 Å². The van der Waals surface area contributed by atoms with E-state index in [1.54, 1.807) is 30.3 Å². The zero-order chi connectivity index (χ0) is 21.6. The van der Waals surface area contributed by atoms with Gasteiger partial charge in [0.25, 0.3) is 15.9 Å². The van der Waals surface area contributed by atoms with Crippen molar-refractivity contribution in [1.29, 1.82) is 0 Å². The summed E-state index contributed by atoms with van der Waals surface area (Å²) in [6.07, 6.45) is 3.78. The second-order valence-corrected chi connectivity index (χ2v) is 9.94. The molecule has 1 aliphatic heterocycles. The minimum Gasteiger partial charge on any atom is -0.352 e. The topological polar surface area (TPSA) is 78.5 Å². The first kappa shape index (κ1) is 22.6. The van der Waals surface area contributed by atoms with Gasteiger partial charge in [-0.1, -0.05) is 37.1 Å². The Morgan fingerprint density at radius 2 is 1.83 bits per heavy atom. The van der Waals surface area contributed by atoms with Crippen molar-refractivity contribution in [3.05, 3.63) is 59.1 Å². The fourth-order valence-electron chi connectivity index (χ4n) is 3.59. The van der Waals surface area contributed by atoms with Crippen LogP contribution in [0.3, 0.4) is 0 Å². The Balaban J connectivity index is 1.60. The van der Waals surface area contributed by atoms with E-state index in [2.05, 4.69) is 21.9 Å². The molecule has 0 saturated carbocycles. The number of nitrogens with one attached hydrogen (secondary N) is 2. The van der Waals surface area contributed by atoms with Crippen LogP contribution in [-0.2, 0) is 10.0 Å². The van der Waals surface area contributed by atoms with Crippen molar-refractivity contribution in [2.75, 3.05) is 30.9 Å². The van der Waals surface area contributed by atoms with Crippen LogP contribution < -0.4 is 10.0 Å². The van der Waals surface area contributed by atoms with Crippen molar-refractivity contribution >= 4 is 33.2 Å². The van der Waals surface area contributed by atoms with Gasteiger partial charge in [0.1, 0.15) is 0 Å². The molecule has 0 spiro atoms. The summed E-state index contributed by atoms with van der Waals surface area (Å²) in [4.78, 5) is 15.0. The molecule has 3 rings (SSSR count). The van der Waals surface area contributed by atoms with Crippen LogP contribution in [0.1, 0.15) is 36.5 Å². The van der Waals surface area contributed by atoms with Gasteiger partial charge in [0.15, 0.2) is 0 Å². The van der Waals surface area contributed by atoms with E-state index in [-0.39, 0.29) is 10.8 Å². The number of nitrogens with zero attached hydrogens (tertiary/aromatic N) is 1. The number of likely N-dealkylation sites (tertiary alicyclic amines) is 1. The van der Waals surface area contributed by atoms with E-state index < -0.39 is 10.0 Å². The third-order valence-corrected chi connectivity index (χ3v) is 6.73. The lowest BCUT2D eigenvalue weighted by Crippen LogP contribution is -2.38. The molecular formula is C22H28ClN3O3S. The number of carbonyl (C=O) groups excluding carboxylic acids is 1. The van der Waals surface area contributed by atoms with Gasteiger partial charge in [0, 0.05) is 23.7 Å². The SMILES string of the molecule is CC(CNC(=O)c1cccc(S(=O)(=O)Nc2cccc(Cl)c2)c1)CN1CCCCC1. The predicted molar refractivity (Wildman–Crippen MR) is 120 cm³/mol. The Labute approximate surface area is 183 Å². The molecule has 0 aliphatic carbocycles. The lowest BCUT2D eigenvalue weighted by atomic mass is 10.1. The summed E-state index contributed by atoms with van der Waals surface area (Å²) in [5.41, 5.74) is 0.679. The monoisotopic (exact) mass is 449 g/mol. The van der Waals surface area contributed by atoms with Crippen molar-refractivity contribution in [2.24, 2.45) is 5.92 Å². The standard InChI is InChI=1S/C22H28ClN3O3S/c1-17(16-26-11-3-2-4-12-26)15-24-22(27)18-7-5-10-21(13-18)30(28,29)25-20-9-6-8-19(23)14-20/h5-10,13-14,17,25H,2-4,11-12,15-16H2,1H3,(H,24,27). The molecule has 30 heavy (non-hydrogen) atoms. The van der Waals surface area contributed by atoms with E-state index in [1.807, 2.05) is 0 Å². The largest absolute Gasteiger partial charge is 0.352 e. The van der Waals surface area contributed by atoms with Gasteiger partial charge >= 0.3 is 0 Å². The van der Waals surface area contributed by atoms with Crippen molar-refractivity contribution in [3.8, 4) is 0 Å². The first-order valence-electron chi connectivity index (χ1n) is 10.2. The highest BCUT2D eigenvalue weighted by Gasteiger charge is 2.18. The van der Waals surface area contributed by atoms with Crippen molar-refractivity contribution < 1.29 is 13.2 Å². The molecule has 0 bridgehead atoms. The molecule has 1 saturated heterocycles. The van der Waals surface area contributed by atoms with Crippen LogP contribution in [0.4, 0.5) is 5.69 Å². The molecule has 2 aromatic rings. The third kappa shape index (κ3) is 6.45. The summed E-state index contributed by atoms with van der Waals surface area (Å²) in [6.45, 7) is 5.87. The molecule has 2 aromatic carbocycles. The van der Waals surface area contributed by atoms with Gasteiger partial charge in [-0.05, 0) is 68.2 Å². The zero-order valence-electron chi connectivity index (χ0n) is 17.1. The number of amides is 1. The van der Waals surface area contributed by atoms with E-state index in [0.717, 1.165) is 19.6 Å². The van der Waals surface area contributed by atoms with E-state index in [0.29, 0.717) is 28.7 Å². The second-order valence-electron chi connectivity index (χ2n) is 7.82. The Morgan fingerprint density at radius 3 is 2.57 bits per heavy atom. The van der Waals surface area contributed by atoms with Crippen molar-refractivity contribution in [2.45, 2.75) is 31.1 Å². The third-order valence-electron chi connectivity index (χ3n) is 5.11. The number of halogens is 1. The first-order valence-corrected chi connectivity index (χ1v) is 12.1. The highest BCUT2D eigenvalue weighted by atomic mass is 35.5. The summed E-state index contributed by atoms with van der Waals surface area (Å²) in [6, 6.07) is 12.5. The van der Waals surface area contributed by atoms with Gasteiger partial charge < -0.3 is 10.2 Å². The molecule has 1 unspecified atom stereocenters. The molecule has 2 N–H and O–H groups in total. The minimum absolute atomic E-state index is 0.0245. The van der Waals surface area contributed by atoms with Crippen LogP contribution in [0.2, 0.25) is 5.02 Å². The van der Waals surface area contributed by atoms with Gasteiger partial charge in [0.2, 0.25) is 0 Å². The molecule has 0 radical (unpaired) electrons. The summed E-state index contributed by atoms with van der Waals surface area (Å²) in [5, 5.41) is 3.36. The average Bonchev–Trinajstić information content (AvgIpc) is 2.72. The number of sulfonamides is 1.